The smallest absolute Gasteiger partial charge is 0.191 e. The number of hydrogen-bond acceptors (Lipinski definition) is 4. The standard InChI is InChI=1S/C21H36FN5O/c1-5-23-21(24-14-17(2)16-27-12-10-26(4)11-13-27)25-15-18(3)28-20-9-7-6-8-19(20)22/h6-9,17-18H,5,10-16H2,1-4H3,(H2,23,24,25). The maximum Gasteiger partial charge on any atom is 0.191 e. The molecule has 0 radical (unpaired) electrons. The minimum atomic E-state index is -0.340. The van der Waals surface area contributed by atoms with Crippen LogP contribution in [0.2, 0.25) is 0 Å². The first-order valence-electron chi connectivity index (χ1n) is 10.3. The third-order valence-corrected chi connectivity index (χ3v) is 4.79. The van der Waals surface area contributed by atoms with Gasteiger partial charge in [-0.3, -0.25) is 4.99 Å². The number of guanidine groups is 1. The number of piperazine rings is 1. The molecule has 1 aromatic carbocycles. The van der Waals surface area contributed by atoms with Crippen LogP contribution in [-0.4, -0.2) is 81.3 Å². The van der Waals surface area contributed by atoms with Gasteiger partial charge in [0.2, 0.25) is 0 Å². The summed E-state index contributed by atoms with van der Waals surface area (Å²) in [6.07, 6.45) is -0.177. The van der Waals surface area contributed by atoms with Crippen molar-refractivity contribution >= 4 is 5.96 Å². The summed E-state index contributed by atoms with van der Waals surface area (Å²) < 4.78 is 19.4. The van der Waals surface area contributed by atoms with E-state index in [-0.39, 0.29) is 17.7 Å². The van der Waals surface area contributed by atoms with Crippen LogP contribution in [0.1, 0.15) is 20.8 Å². The minimum absolute atomic E-state index is 0.177. The Kier molecular flexibility index (Phi) is 9.50. The van der Waals surface area contributed by atoms with Gasteiger partial charge in [0.25, 0.3) is 0 Å². The average Bonchev–Trinajstić information content (AvgIpc) is 2.67. The van der Waals surface area contributed by atoms with Gasteiger partial charge in [0.1, 0.15) is 6.10 Å². The number of benzene rings is 1. The van der Waals surface area contributed by atoms with Gasteiger partial charge in [0, 0.05) is 45.8 Å². The number of rotatable bonds is 9. The second kappa shape index (κ2) is 11.9. The predicted octanol–water partition coefficient (Wildman–Crippen LogP) is 2.03. The molecule has 1 aliphatic rings. The fourth-order valence-electron chi connectivity index (χ4n) is 3.16. The summed E-state index contributed by atoms with van der Waals surface area (Å²) in [4.78, 5) is 9.61. The molecule has 0 spiro atoms. The number of halogens is 1. The van der Waals surface area contributed by atoms with Gasteiger partial charge in [-0.2, -0.15) is 0 Å². The van der Waals surface area contributed by atoms with E-state index in [0.29, 0.717) is 12.5 Å². The Bertz CT molecular complexity index is 604. The molecule has 1 heterocycles. The Labute approximate surface area is 169 Å². The summed E-state index contributed by atoms with van der Waals surface area (Å²) in [5.41, 5.74) is 0. The molecule has 0 saturated carbocycles. The second-order valence-corrected chi connectivity index (χ2v) is 7.67. The molecule has 1 aromatic rings. The minimum Gasteiger partial charge on any atom is -0.486 e. The van der Waals surface area contributed by atoms with Crippen LogP contribution in [0.15, 0.2) is 29.3 Å². The highest BCUT2D eigenvalue weighted by atomic mass is 19.1. The van der Waals surface area contributed by atoms with Crippen LogP contribution in [-0.2, 0) is 0 Å². The first-order chi connectivity index (χ1) is 13.5. The first-order valence-corrected chi connectivity index (χ1v) is 10.3. The molecule has 1 fully saturated rings. The number of para-hydroxylation sites is 1. The van der Waals surface area contributed by atoms with Crippen molar-refractivity contribution in [3.8, 4) is 5.75 Å². The highest BCUT2D eigenvalue weighted by Crippen LogP contribution is 2.16. The molecule has 0 bridgehead atoms. The van der Waals surface area contributed by atoms with Crippen LogP contribution in [0, 0.1) is 11.7 Å². The SMILES string of the molecule is CCNC(=NCC(C)CN1CCN(C)CC1)NCC(C)Oc1ccccc1F. The number of nitrogens with zero attached hydrogens (tertiary/aromatic N) is 3. The van der Waals surface area contributed by atoms with Gasteiger partial charge in [0.15, 0.2) is 17.5 Å². The van der Waals surface area contributed by atoms with Crippen molar-refractivity contribution in [1.82, 2.24) is 20.4 Å². The highest BCUT2D eigenvalue weighted by molar-refractivity contribution is 5.79. The van der Waals surface area contributed by atoms with Crippen molar-refractivity contribution in [3.05, 3.63) is 30.1 Å². The Hall–Kier alpha value is -1.86. The molecule has 158 valence electrons. The van der Waals surface area contributed by atoms with Crippen molar-refractivity contribution in [1.29, 1.82) is 0 Å². The molecule has 6 nitrogen and oxygen atoms in total. The normalized spacial score (nSPS) is 18.5. The topological polar surface area (TPSA) is 52.1 Å². The molecule has 28 heavy (non-hydrogen) atoms. The number of likely N-dealkylation sites (N-methyl/N-ethyl adjacent to an activating group) is 1. The Balaban J connectivity index is 1.76. The van der Waals surface area contributed by atoms with Gasteiger partial charge in [-0.05, 0) is 38.9 Å². The maximum absolute atomic E-state index is 13.7. The Morgan fingerprint density at radius 2 is 1.89 bits per heavy atom. The lowest BCUT2D eigenvalue weighted by molar-refractivity contribution is 0.140. The fourth-order valence-corrected chi connectivity index (χ4v) is 3.16. The van der Waals surface area contributed by atoms with E-state index < -0.39 is 0 Å². The lowest BCUT2D eigenvalue weighted by Crippen LogP contribution is -2.46. The zero-order chi connectivity index (χ0) is 20.4. The molecule has 0 aliphatic carbocycles. The molecule has 1 aliphatic heterocycles. The lowest BCUT2D eigenvalue weighted by Gasteiger charge is -2.33. The van der Waals surface area contributed by atoms with Crippen LogP contribution in [0.4, 0.5) is 4.39 Å². The molecular weight excluding hydrogens is 357 g/mol. The third kappa shape index (κ3) is 8.02. The maximum atomic E-state index is 13.7. The summed E-state index contributed by atoms with van der Waals surface area (Å²) in [7, 11) is 2.18. The van der Waals surface area contributed by atoms with Gasteiger partial charge < -0.3 is 25.2 Å². The van der Waals surface area contributed by atoms with Crippen molar-refractivity contribution < 1.29 is 9.13 Å². The molecule has 2 rings (SSSR count). The monoisotopic (exact) mass is 393 g/mol. The van der Waals surface area contributed by atoms with Crippen LogP contribution in [0.25, 0.3) is 0 Å². The summed E-state index contributed by atoms with van der Waals surface area (Å²) in [5.74, 6) is 1.20. The average molecular weight is 394 g/mol. The summed E-state index contributed by atoms with van der Waals surface area (Å²) >= 11 is 0. The lowest BCUT2D eigenvalue weighted by atomic mass is 10.1. The van der Waals surface area contributed by atoms with Crippen molar-refractivity contribution in [2.45, 2.75) is 26.9 Å². The van der Waals surface area contributed by atoms with E-state index >= 15 is 0 Å². The Morgan fingerprint density at radius 3 is 2.57 bits per heavy atom. The molecule has 2 atom stereocenters. The fraction of sp³-hybridized carbons (Fsp3) is 0.667. The van der Waals surface area contributed by atoms with Crippen LogP contribution in [0.3, 0.4) is 0 Å². The van der Waals surface area contributed by atoms with Crippen molar-refractivity contribution in [2.24, 2.45) is 10.9 Å². The van der Waals surface area contributed by atoms with Gasteiger partial charge in [0.05, 0.1) is 6.54 Å². The van der Waals surface area contributed by atoms with Crippen molar-refractivity contribution in [2.75, 3.05) is 59.4 Å². The number of aliphatic imine (C=N–C) groups is 1. The molecule has 7 heteroatoms. The highest BCUT2D eigenvalue weighted by Gasteiger charge is 2.16. The van der Waals surface area contributed by atoms with Gasteiger partial charge in [-0.25, -0.2) is 4.39 Å². The number of ether oxygens (including phenoxy) is 1. The van der Waals surface area contributed by atoms with E-state index in [2.05, 4.69) is 34.4 Å². The number of nitrogens with one attached hydrogen (secondary N) is 2. The third-order valence-electron chi connectivity index (χ3n) is 4.79. The molecule has 0 amide bonds. The van der Waals surface area contributed by atoms with Crippen LogP contribution < -0.4 is 15.4 Å². The van der Waals surface area contributed by atoms with E-state index in [0.717, 1.165) is 51.8 Å². The van der Waals surface area contributed by atoms with Gasteiger partial charge in [-0.1, -0.05) is 19.1 Å². The number of hydrogen-bond donors (Lipinski definition) is 2. The summed E-state index contributed by atoms with van der Waals surface area (Å²) in [6.45, 7) is 13.9. The van der Waals surface area contributed by atoms with Crippen LogP contribution >= 0.6 is 0 Å². The van der Waals surface area contributed by atoms with E-state index in [1.807, 2.05) is 13.8 Å². The molecule has 2 unspecified atom stereocenters. The van der Waals surface area contributed by atoms with E-state index in [1.165, 1.54) is 6.07 Å². The van der Waals surface area contributed by atoms with E-state index in [1.54, 1.807) is 18.2 Å². The molecular formula is C21H36FN5O. The largest absolute Gasteiger partial charge is 0.486 e. The summed E-state index contributed by atoms with van der Waals surface area (Å²) in [5, 5.41) is 6.56. The Morgan fingerprint density at radius 1 is 1.18 bits per heavy atom. The van der Waals surface area contributed by atoms with Gasteiger partial charge in [-0.15, -0.1) is 0 Å². The molecule has 0 aromatic heterocycles. The van der Waals surface area contributed by atoms with E-state index in [4.69, 9.17) is 9.73 Å². The predicted molar refractivity (Wildman–Crippen MR) is 114 cm³/mol. The van der Waals surface area contributed by atoms with E-state index in [9.17, 15) is 4.39 Å². The zero-order valence-corrected chi connectivity index (χ0v) is 17.7. The first kappa shape index (κ1) is 22.4. The van der Waals surface area contributed by atoms with Crippen LogP contribution in [0.5, 0.6) is 5.75 Å². The second-order valence-electron chi connectivity index (χ2n) is 7.67. The van der Waals surface area contributed by atoms with Gasteiger partial charge >= 0.3 is 0 Å². The molecule has 2 N–H and O–H groups in total. The zero-order valence-electron chi connectivity index (χ0n) is 17.7. The molecule has 1 saturated heterocycles. The van der Waals surface area contributed by atoms with Crippen molar-refractivity contribution in [3.63, 3.8) is 0 Å². The quantitative estimate of drug-likeness (QED) is 0.497. The summed E-state index contributed by atoms with van der Waals surface area (Å²) in [6, 6.07) is 6.48.